The Labute approximate surface area is 238 Å². The quantitative estimate of drug-likeness (QED) is 0.378. The number of fused-ring (bicyclic) bond motifs is 3. The van der Waals surface area contributed by atoms with E-state index < -0.39 is 0 Å². The van der Waals surface area contributed by atoms with Gasteiger partial charge in [0.25, 0.3) is 0 Å². The molecular formula is C30H34FN9O. The van der Waals surface area contributed by atoms with E-state index >= 15 is 4.39 Å². The summed E-state index contributed by atoms with van der Waals surface area (Å²) in [4.78, 5) is 9.00. The highest BCUT2D eigenvalue weighted by Gasteiger charge is 2.27. The standard InChI is InChI=1S/C30H34FN9O/c31-25-19-22(8-9-26(25)39-12-10-23(11-13-39)38-14-16-41-17-15-38)33-30-34-29(32)37-40(30)27-18-21-6-3-5-20-4-1-2-7-24(20)28(21)36-35-27/h1-2,4,7-9,18-19,23H,3,5-6,10-17H2,(H3,32,33,34,37). The SMILES string of the molecule is Nc1nc(Nc2ccc(N3CCC(N4CCOCC4)CC3)c(F)c2)n(-c2cc3c(nn2)-c2ccccc2CCC3)n1. The summed E-state index contributed by atoms with van der Waals surface area (Å²) in [7, 11) is 0. The zero-order valence-corrected chi connectivity index (χ0v) is 23.0. The average molecular weight is 556 g/mol. The number of morpholine rings is 1. The molecule has 0 amide bonds. The van der Waals surface area contributed by atoms with Crippen molar-refractivity contribution in [2.45, 2.75) is 38.1 Å². The number of anilines is 4. The molecule has 3 aliphatic rings. The van der Waals surface area contributed by atoms with E-state index in [1.807, 2.05) is 24.3 Å². The van der Waals surface area contributed by atoms with Crippen LogP contribution in [0.3, 0.4) is 0 Å². The molecule has 4 aromatic rings. The van der Waals surface area contributed by atoms with Gasteiger partial charge in [-0.05, 0) is 67.5 Å². The van der Waals surface area contributed by atoms with Crippen LogP contribution < -0.4 is 16.0 Å². The van der Waals surface area contributed by atoms with Crippen molar-refractivity contribution in [2.24, 2.45) is 0 Å². The third kappa shape index (κ3) is 5.22. The molecule has 2 aromatic heterocycles. The molecule has 0 spiro atoms. The van der Waals surface area contributed by atoms with Crippen LogP contribution in [0.25, 0.3) is 17.1 Å². The molecule has 3 N–H and O–H groups in total. The van der Waals surface area contributed by atoms with Gasteiger partial charge >= 0.3 is 0 Å². The van der Waals surface area contributed by atoms with E-state index in [2.05, 4.69) is 53.6 Å². The summed E-state index contributed by atoms with van der Waals surface area (Å²) in [5.74, 6) is 0.677. The molecule has 2 saturated heterocycles. The minimum Gasteiger partial charge on any atom is -0.379 e. The lowest BCUT2D eigenvalue weighted by atomic mass is 10.0. The van der Waals surface area contributed by atoms with Gasteiger partial charge in [-0.3, -0.25) is 4.90 Å². The van der Waals surface area contributed by atoms with Crippen LogP contribution in [0.1, 0.15) is 30.4 Å². The Morgan fingerprint density at radius 2 is 1.73 bits per heavy atom. The first kappa shape index (κ1) is 25.8. The molecule has 11 heteroatoms. The third-order valence-electron chi connectivity index (χ3n) is 8.44. The maximum absolute atomic E-state index is 15.4. The summed E-state index contributed by atoms with van der Waals surface area (Å²) >= 11 is 0. The number of hydrogen-bond acceptors (Lipinski definition) is 9. The second-order valence-corrected chi connectivity index (χ2v) is 11.0. The summed E-state index contributed by atoms with van der Waals surface area (Å²) in [6.07, 6.45) is 4.95. The second kappa shape index (κ2) is 11.1. The van der Waals surface area contributed by atoms with Gasteiger partial charge in [-0.1, -0.05) is 24.3 Å². The molecule has 41 heavy (non-hydrogen) atoms. The summed E-state index contributed by atoms with van der Waals surface area (Å²) in [6, 6.07) is 16.1. The maximum atomic E-state index is 15.4. The molecule has 4 heterocycles. The van der Waals surface area contributed by atoms with Crippen LogP contribution in [0.15, 0.2) is 48.5 Å². The van der Waals surface area contributed by atoms with Crippen LogP contribution in [-0.4, -0.2) is 75.3 Å². The van der Waals surface area contributed by atoms with Crippen molar-refractivity contribution in [2.75, 3.05) is 55.3 Å². The van der Waals surface area contributed by atoms with Crippen molar-refractivity contribution in [3.63, 3.8) is 0 Å². The number of nitrogen functional groups attached to an aromatic ring is 1. The smallest absolute Gasteiger partial charge is 0.241 e. The minimum absolute atomic E-state index is 0.0924. The first-order valence-corrected chi connectivity index (χ1v) is 14.4. The van der Waals surface area contributed by atoms with Gasteiger partial charge in [0.05, 0.1) is 24.6 Å². The topological polar surface area (TPSA) is 110 Å². The first-order chi connectivity index (χ1) is 20.1. The molecule has 7 rings (SSSR count). The van der Waals surface area contributed by atoms with Crippen LogP contribution in [0, 0.1) is 5.82 Å². The number of halogens is 1. The van der Waals surface area contributed by atoms with Gasteiger partial charge in [-0.15, -0.1) is 15.3 Å². The molecule has 2 aromatic carbocycles. The number of rotatable bonds is 5. The van der Waals surface area contributed by atoms with Gasteiger partial charge < -0.3 is 20.7 Å². The molecule has 0 unspecified atom stereocenters. The summed E-state index contributed by atoms with van der Waals surface area (Å²) in [5, 5.41) is 16.6. The molecule has 2 fully saturated rings. The lowest BCUT2D eigenvalue weighted by Crippen LogP contribution is -2.49. The van der Waals surface area contributed by atoms with Crippen molar-refractivity contribution in [1.82, 2.24) is 29.9 Å². The number of nitrogens with one attached hydrogen (secondary N) is 1. The molecular weight excluding hydrogens is 521 g/mol. The largest absolute Gasteiger partial charge is 0.379 e. The van der Waals surface area contributed by atoms with E-state index in [1.165, 1.54) is 16.3 Å². The Morgan fingerprint density at radius 1 is 0.927 bits per heavy atom. The van der Waals surface area contributed by atoms with E-state index in [9.17, 15) is 0 Å². The van der Waals surface area contributed by atoms with Gasteiger partial charge in [-0.2, -0.15) is 9.67 Å². The summed E-state index contributed by atoms with van der Waals surface area (Å²) in [5.41, 5.74) is 11.6. The number of aryl methyl sites for hydroxylation is 2. The number of benzene rings is 2. The third-order valence-corrected chi connectivity index (χ3v) is 8.44. The summed E-state index contributed by atoms with van der Waals surface area (Å²) < 4.78 is 22.4. The molecule has 1 aliphatic carbocycles. The summed E-state index contributed by atoms with van der Waals surface area (Å²) in [6.45, 7) is 5.24. The Kier molecular flexibility index (Phi) is 6.97. The minimum atomic E-state index is -0.276. The normalized spacial score (nSPS) is 18.0. The number of hydrogen-bond donors (Lipinski definition) is 2. The zero-order valence-electron chi connectivity index (χ0n) is 23.0. The molecule has 0 bridgehead atoms. The number of ether oxygens (including phenoxy) is 1. The highest BCUT2D eigenvalue weighted by molar-refractivity contribution is 5.68. The first-order valence-electron chi connectivity index (χ1n) is 14.4. The van der Waals surface area contributed by atoms with Crippen molar-refractivity contribution >= 4 is 23.3 Å². The van der Waals surface area contributed by atoms with E-state index in [1.54, 1.807) is 0 Å². The van der Waals surface area contributed by atoms with E-state index in [0.29, 0.717) is 29.2 Å². The lowest BCUT2D eigenvalue weighted by molar-refractivity contribution is 0.0115. The molecule has 10 nitrogen and oxygen atoms in total. The van der Waals surface area contributed by atoms with Crippen LogP contribution >= 0.6 is 0 Å². The maximum Gasteiger partial charge on any atom is 0.241 e. The number of nitrogens with two attached hydrogens (primary N) is 1. The van der Waals surface area contributed by atoms with Crippen molar-refractivity contribution in [3.8, 4) is 17.1 Å². The fourth-order valence-electron chi connectivity index (χ4n) is 6.33. The highest BCUT2D eigenvalue weighted by atomic mass is 19.1. The fourth-order valence-corrected chi connectivity index (χ4v) is 6.33. The highest BCUT2D eigenvalue weighted by Crippen LogP contribution is 2.32. The Morgan fingerprint density at radius 3 is 2.56 bits per heavy atom. The number of nitrogens with zero attached hydrogens (tertiary/aromatic N) is 7. The molecule has 0 radical (unpaired) electrons. The second-order valence-electron chi connectivity index (χ2n) is 11.0. The number of aromatic nitrogens is 5. The lowest BCUT2D eigenvalue weighted by Gasteiger charge is -2.40. The molecule has 0 atom stereocenters. The van der Waals surface area contributed by atoms with Gasteiger partial charge in [0, 0.05) is 43.5 Å². The van der Waals surface area contributed by atoms with Crippen molar-refractivity contribution in [1.29, 1.82) is 0 Å². The van der Waals surface area contributed by atoms with Crippen molar-refractivity contribution < 1.29 is 9.13 Å². The average Bonchev–Trinajstić information content (AvgIpc) is 3.26. The van der Waals surface area contributed by atoms with Crippen LogP contribution in [0.2, 0.25) is 0 Å². The Balaban J connectivity index is 1.08. The predicted molar refractivity (Wildman–Crippen MR) is 156 cm³/mol. The van der Waals surface area contributed by atoms with Gasteiger partial charge in [0.2, 0.25) is 11.9 Å². The van der Waals surface area contributed by atoms with E-state index in [-0.39, 0.29) is 11.8 Å². The van der Waals surface area contributed by atoms with Crippen LogP contribution in [-0.2, 0) is 17.6 Å². The molecule has 2 aliphatic heterocycles. The van der Waals surface area contributed by atoms with E-state index in [0.717, 1.165) is 88.3 Å². The van der Waals surface area contributed by atoms with Gasteiger partial charge in [0.1, 0.15) is 5.82 Å². The van der Waals surface area contributed by atoms with Gasteiger partial charge in [0.15, 0.2) is 5.82 Å². The van der Waals surface area contributed by atoms with E-state index in [4.69, 9.17) is 10.5 Å². The Bertz CT molecular complexity index is 1540. The van der Waals surface area contributed by atoms with Crippen molar-refractivity contribution in [3.05, 3.63) is 65.5 Å². The van der Waals surface area contributed by atoms with Crippen LogP contribution in [0.4, 0.5) is 27.7 Å². The number of piperidine rings is 1. The predicted octanol–water partition coefficient (Wildman–Crippen LogP) is 3.98. The monoisotopic (exact) mass is 555 g/mol. The van der Waals surface area contributed by atoms with Gasteiger partial charge in [-0.25, -0.2) is 4.39 Å². The molecule has 0 saturated carbocycles. The molecule has 212 valence electrons. The van der Waals surface area contributed by atoms with Crippen LogP contribution in [0.5, 0.6) is 0 Å². The Hall–Kier alpha value is -4.09. The fraction of sp³-hybridized carbons (Fsp3) is 0.400. The zero-order chi connectivity index (χ0) is 27.8.